The molecule has 6 heteroatoms. The van der Waals surface area contributed by atoms with Crippen molar-refractivity contribution in [1.29, 1.82) is 0 Å². The molecule has 21 heavy (non-hydrogen) atoms. The molecule has 1 aromatic heterocycles. The van der Waals surface area contributed by atoms with E-state index in [1.807, 2.05) is 6.07 Å². The van der Waals surface area contributed by atoms with Gasteiger partial charge < -0.3 is 5.32 Å². The third-order valence-electron chi connectivity index (χ3n) is 4.63. The van der Waals surface area contributed by atoms with Gasteiger partial charge in [-0.15, -0.1) is 11.3 Å². The number of hydrogen-bond donors (Lipinski definition) is 2. The lowest BCUT2D eigenvalue weighted by Gasteiger charge is -2.17. The Bertz CT molecular complexity index is 601. The number of rotatable bonds is 8. The molecule has 1 heterocycles. The summed E-state index contributed by atoms with van der Waals surface area (Å²) in [5, 5.41) is 5.21. The molecule has 0 radical (unpaired) electrons. The summed E-state index contributed by atoms with van der Waals surface area (Å²) in [6.45, 7) is 0.791. The molecule has 0 amide bonds. The van der Waals surface area contributed by atoms with E-state index in [0.717, 1.165) is 11.4 Å². The molecule has 0 bridgehead atoms. The van der Waals surface area contributed by atoms with E-state index in [2.05, 4.69) is 10.0 Å². The molecule has 116 valence electrons. The Labute approximate surface area is 130 Å². The van der Waals surface area contributed by atoms with Crippen LogP contribution < -0.4 is 10.0 Å². The van der Waals surface area contributed by atoms with E-state index < -0.39 is 10.0 Å². The molecule has 0 aliphatic heterocycles. The summed E-state index contributed by atoms with van der Waals surface area (Å²) in [5.41, 5.74) is 0. The molecule has 3 saturated carbocycles. The first-order valence-corrected chi connectivity index (χ1v) is 10.3. The van der Waals surface area contributed by atoms with Crippen molar-refractivity contribution in [2.45, 2.75) is 62.0 Å². The van der Waals surface area contributed by atoms with Gasteiger partial charge in [0.2, 0.25) is 10.0 Å². The third-order valence-corrected chi connectivity index (χ3v) is 7.16. The van der Waals surface area contributed by atoms with E-state index in [1.54, 1.807) is 5.38 Å². The molecule has 0 spiro atoms. The highest BCUT2D eigenvalue weighted by Crippen LogP contribution is 2.45. The van der Waals surface area contributed by atoms with E-state index in [0.29, 0.717) is 22.8 Å². The zero-order valence-corrected chi connectivity index (χ0v) is 13.7. The average Bonchev–Trinajstić information content (AvgIpc) is 3.32. The molecule has 3 aliphatic rings. The van der Waals surface area contributed by atoms with Crippen molar-refractivity contribution in [2.24, 2.45) is 11.8 Å². The van der Waals surface area contributed by atoms with Crippen LogP contribution >= 0.6 is 11.3 Å². The molecule has 4 rings (SSSR count). The fourth-order valence-electron chi connectivity index (χ4n) is 2.86. The first kappa shape index (κ1) is 14.2. The minimum atomic E-state index is -3.34. The largest absolute Gasteiger partial charge is 0.309 e. The van der Waals surface area contributed by atoms with Gasteiger partial charge in [0, 0.05) is 28.9 Å². The van der Waals surface area contributed by atoms with Crippen molar-refractivity contribution in [3.8, 4) is 0 Å². The summed E-state index contributed by atoms with van der Waals surface area (Å²) in [4.78, 5) is 1.56. The van der Waals surface area contributed by atoms with E-state index in [9.17, 15) is 8.42 Å². The van der Waals surface area contributed by atoms with Crippen LogP contribution in [0.15, 0.2) is 16.3 Å². The smallest absolute Gasteiger partial charge is 0.241 e. The summed E-state index contributed by atoms with van der Waals surface area (Å²) in [5.74, 6) is 1.17. The Morgan fingerprint density at radius 2 is 1.81 bits per heavy atom. The first-order chi connectivity index (χ1) is 10.1. The van der Waals surface area contributed by atoms with Crippen LogP contribution in [0.4, 0.5) is 0 Å². The quantitative estimate of drug-likeness (QED) is 0.771. The van der Waals surface area contributed by atoms with Gasteiger partial charge in [-0.1, -0.05) is 0 Å². The Balaban J connectivity index is 1.42. The van der Waals surface area contributed by atoms with Crippen molar-refractivity contribution >= 4 is 21.4 Å². The summed E-state index contributed by atoms with van der Waals surface area (Å²) in [6, 6.07) is 2.67. The van der Waals surface area contributed by atoms with Crippen LogP contribution in [0.25, 0.3) is 0 Å². The monoisotopic (exact) mass is 326 g/mol. The number of nitrogens with one attached hydrogen (secondary N) is 2. The topological polar surface area (TPSA) is 58.2 Å². The number of hydrogen-bond acceptors (Lipinski definition) is 4. The summed E-state index contributed by atoms with van der Waals surface area (Å²) in [6.07, 6.45) is 7.24. The van der Waals surface area contributed by atoms with Crippen molar-refractivity contribution < 1.29 is 8.42 Å². The molecule has 2 N–H and O–H groups in total. The molecule has 0 aromatic carbocycles. The second-order valence-electron chi connectivity index (χ2n) is 6.73. The van der Waals surface area contributed by atoms with E-state index in [4.69, 9.17) is 0 Å². The van der Waals surface area contributed by atoms with Gasteiger partial charge in [-0.05, 0) is 56.4 Å². The van der Waals surface area contributed by atoms with Crippen LogP contribution in [0.5, 0.6) is 0 Å². The van der Waals surface area contributed by atoms with Gasteiger partial charge in [-0.25, -0.2) is 13.1 Å². The maximum atomic E-state index is 12.5. The van der Waals surface area contributed by atoms with Gasteiger partial charge in [0.15, 0.2) is 0 Å². The molecule has 0 saturated heterocycles. The maximum Gasteiger partial charge on any atom is 0.241 e. The highest BCUT2D eigenvalue weighted by Gasteiger charge is 2.43. The van der Waals surface area contributed by atoms with Crippen LogP contribution in [0, 0.1) is 11.8 Å². The molecule has 3 aliphatic carbocycles. The van der Waals surface area contributed by atoms with Crippen LogP contribution in [0.1, 0.15) is 43.4 Å². The Kier molecular flexibility index (Phi) is 3.60. The summed E-state index contributed by atoms with van der Waals surface area (Å²) >= 11 is 1.54. The molecule has 1 aromatic rings. The Hall–Kier alpha value is -0.430. The van der Waals surface area contributed by atoms with Crippen molar-refractivity contribution in [3.63, 3.8) is 0 Å². The summed E-state index contributed by atoms with van der Waals surface area (Å²) in [7, 11) is -3.34. The maximum absolute atomic E-state index is 12.5. The van der Waals surface area contributed by atoms with Crippen molar-refractivity contribution in [2.75, 3.05) is 0 Å². The van der Waals surface area contributed by atoms with Crippen molar-refractivity contribution in [1.82, 2.24) is 10.0 Å². The first-order valence-electron chi connectivity index (χ1n) is 7.95. The molecular weight excluding hydrogens is 304 g/mol. The van der Waals surface area contributed by atoms with Gasteiger partial charge in [0.25, 0.3) is 0 Å². The van der Waals surface area contributed by atoms with Gasteiger partial charge in [0.05, 0.1) is 4.90 Å². The average molecular weight is 326 g/mol. The van der Waals surface area contributed by atoms with Crippen LogP contribution in [-0.2, 0) is 16.6 Å². The fourth-order valence-corrected chi connectivity index (χ4v) is 5.46. The SMILES string of the molecule is O=S(=O)(NC(C1CC1)C1CC1)c1csc(CNC2CC2)c1. The highest BCUT2D eigenvalue weighted by atomic mass is 32.2. The highest BCUT2D eigenvalue weighted by molar-refractivity contribution is 7.89. The normalized spacial score (nSPS) is 22.9. The number of thiophene rings is 1. The predicted molar refractivity (Wildman–Crippen MR) is 83.7 cm³/mol. The molecule has 0 unspecified atom stereocenters. The lowest BCUT2D eigenvalue weighted by molar-refractivity contribution is 0.471. The van der Waals surface area contributed by atoms with Gasteiger partial charge >= 0.3 is 0 Å². The van der Waals surface area contributed by atoms with Gasteiger partial charge in [-0.3, -0.25) is 0 Å². The van der Waals surface area contributed by atoms with Gasteiger partial charge in [0.1, 0.15) is 0 Å². The standard InChI is InChI=1S/C15H22N2O2S2/c18-21(19,17-15(10-1-2-10)11-3-4-11)14-7-13(20-9-14)8-16-12-5-6-12/h7,9-12,15-17H,1-6,8H2. The molecule has 0 atom stereocenters. The fraction of sp³-hybridized carbons (Fsp3) is 0.733. The second kappa shape index (κ2) is 5.33. The predicted octanol–water partition coefficient (Wildman–Crippen LogP) is 2.47. The third kappa shape index (κ3) is 3.50. The molecular formula is C15H22N2O2S2. The Morgan fingerprint density at radius 3 is 2.38 bits per heavy atom. The van der Waals surface area contributed by atoms with Crippen LogP contribution in [0.2, 0.25) is 0 Å². The molecule has 3 fully saturated rings. The zero-order chi connectivity index (χ0) is 14.4. The number of sulfonamides is 1. The van der Waals surface area contributed by atoms with Crippen LogP contribution in [0.3, 0.4) is 0 Å². The Morgan fingerprint density at radius 1 is 1.14 bits per heavy atom. The van der Waals surface area contributed by atoms with E-state index in [1.165, 1.54) is 49.9 Å². The van der Waals surface area contributed by atoms with E-state index >= 15 is 0 Å². The summed E-state index contributed by atoms with van der Waals surface area (Å²) < 4.78 is 28.1. The van der Waals surface area contributed by atoms with Crippen molar-refractivity contribution in [3.05, 3.63) is 16.3 Å². The molecule has 4 nitrogen and oxygen atoms in total. The lowest BCUT2D eigenvalue weighted by Crippen LogP contribution is -2.37. The van der Waals surface area contributed by atoms with Crippen LogP contribution in [-0.4, -0.2) is 20.5 Å². The minimum absolute atomic E-state index is 0.183. The second-order valence-corrected chi connectivity index (χ2v) is 9.44. The van der Waals surface area contributed by atoms with E-state index in [-0.39, 0.29) is 6.04 Å². The lowest BCUT2D eigenvalue weighted by atomic mass is 10.1. The minimum Gasteiger partial charge on any atom is -0.309 e. The zero-order valence-electron chi connectivity index (χ0n) is 12.0. The van der Waals surface area contributed by atoms with Gasteiger partial charge in [-0.2, -0.15) is 0 Å².